The quantitative estimate of drug-likeness (QED) is 0.269. The summed E-state index contributed by atoms with van der Waals surface area (Å²) in [5, 5.41) is 5.76. The van der Waals surface area contributed by atoms with Crippen LogP contribution in [0.1, 0.15) is 56.1 Å². The molecule has 1 aromatic heterocycles. The van der Waals surface area contributed by atoms with Crippen molar-refractivity contribution in [2.24, 2.45) is 0 Å². The number of fused-ring (bicyclic) bond motifs is 7. The Labute approximate surface area is 266 Å². The summed E-state index contributed by atoms with van der Waals surface area (Å²) < 4.78 is 53.1. The molecular weight excluding hydrogens is 587 g/mol. The SMILES string of the molecule is C#Cc1c(F)ccc2cccc(-c3cc4c5c(nc(OC[C@@]67CCCN6C[C@H](F)C7)nc5c3F)N3C[C@H]5CC[C@H](N5)[C@H]3CCC4)c12. The van der Waals surface area contributed by atoms with Crippen LogP contribution in [-0.4, -0.2) is 70.9 Å². The number of aryl methyl sites for hydroxylation is 1. The molecule has 236 valence electrons. The largest absolute Gasteiger partial charge is 0.461 e. The van der Waals surface area contributed by atoms with Crippen molar-refractivity contribution in [2.45, 2.75) is 81.2 Å². The summed E-state index contributed by atoms with van der Waals surface area (Å²) in [6.45, 7) is 2.32. The molecule has 6 heterocycles. The lowest BCUT2D eigenvalue weighted by molar-refractivity contribution is 0.107. The number of hydrogen-bond donors (Lipinski definition) is 1. The zero-order chi connectivity index (χ0) is 31.2. The minimum absolute atomic E-state index is 0.116. The predicted molar refractivity (Wildman–Crippen MR) is 173 cm³/mol. The van der Waals surface area contributed by atoms with Crippen molar-refractivity contribution in [3.63, 3.8) is 0 Å². The van der Waals surface area contributed by atoms with Crippen molar-refractivity contribution in [3.05, 3.63) is 59.2 Å². The van der Waals surface area contributed by atoms with Crippen molar-refractivity contribution in [1.82, 2.24) is 20.2 Å². The molecule has 0 saturated carbocycles. The Bertz CT molecular complexity index is 1940. The molecule has 9 heteroatoms. The lowest BCUT2D eigenvalue weighted by atomic mass is 9.88. The van der Waals surface area contributed by atoms with E-state index in [1.165, 1.54) is 6.07 Å². The van der Waals surface area contributed by atoms with Gasteiger partial charge in [0.05, 0.1) is 11.1 Å². The van der Waals surface area contributed by atoms with Crippen molar-refractivity contribution in [3.8, 4) is 29.5 Å². The summed E-state index contributed by atoms with van der Waals surface area (Å²) in [6.07, 6.45) is 12.1. The topological polar surface area (TPSA) is 53.5 Å². The van der Waals surface area contributed by atoms with E-state index in [0.717, 1.165) is 69.0 Å². The van der Waals surface area contributed by atoms with E-state index in [-0.39, 0.29) is 35.3 Å². The Hall–Kier alpha value is -3.87. The van der Waals surface area contributed by atoms with Gasteiger partial charge in [0, 0.05) is 54.0 Å². The number of nitrogens with zero attached hydrogens (tertiary/aromatic N) is 4. The second-order valence-corrected chi connectivity index (χ2v) is 13.9. The Morgan fingerprint density at radius 2 is 1.96 bits per heavy atom. The molecule has 0 amide bonds. The van der Waals surface area contributed by atoms with Crippen LogP contribution in [0.25, 0.3) is 32.8 Å². The third-order valence-corrected chi connectivity index (χ3v) is 11.4. The van der Waals surface area contributed by atoms with E-state index in [9.17, 15) is 8.78 Å². The molecule has 4 saturated heterocycles. The zero-order valence-corrected chi connectivity index (χ0v) is 25.7. The first kappa shape index (κ1) is 28.4. The maximum Gasteiger partial charge on any atom is 0.319 e. The van der Waals surface area contributed by atoms with Crippen LogP contribution in [0.3, 0.4) is 0 Å². The molecule has 6 nitrogen and oxygen atoms in total. The summed E-state index contributed by atoms with van der Waals surface area (Å²) in [6, 6.07) is 11.5. The van der Waals surface area contributed by atoms with Gasteiger partial charge in [-0.3, -0.25) is 4.90 Å². The van der Waals surface area contributed by atoms with E-state index in [0.29, 0.717) is 52.8 Å². The number of ether oxygens (including phenoxy) is 1. The number of piperazine rings is 1. The molecule has 5 atom stereocenters. The zero-order valence-electron chi connectivity index (χ0n) is 25.7. The van der Waals surface area contributed by atoms with Gasteiger partial charge in [0.2, 0.25) is 0 Å². The number of benzene rings is 3. The molecule has 2 bridgehead atoms. The van der Waals surface area contributed by atoms with Crippen molar-refractivity contribution in [1.29, 1.82) is 0 Å². The Balaban J connectivity index is 1.24. The van der Waals surface area contributed by atoms with Gasteiger partial charge in [-0.25, -0.2) is 13.2 Å². The number of terminal acetylenes is 1. The maximum absolute atomic E-state index is 17.2. The van der Waals surface area contributed by atoms with Gasteiger partial charge in [0.1, 0.15) is 29.9 Å². The maximum atomic E-state index is 17.2. The van der Waals surface area contributed by atoms with Crippen LogP contribution in [0, 0.1) is 24.0 Å². The third kappa shape index (κ3) is 4.26. The smallest absolute Gasteiger partial charge is 0.319 e. The lowest BCUT2D eigenvalue weighted by Gasteiger charge is -2.43. The molecule has 4 fully saturated rings. The van der Waals surface area contributed by atoms with E-state index in [1.807, 2.05) is 18.2 Å². The van der Waals surface area contributed by atoms with Crippen LogP contribution in [-0.2, 0) is 6.42 Å². The lowest BCUT2D eigenvalue weighted by Crippen LogP contribution is -2.58. The van der Waals surface area contributed by atoms with E-state index >= 15 is 4.39 Å². The molecule has 3 aromatic carbocycles. The molecule has 5 aliphatic rings. The normalized spacial score (nSPS) is 28.6. The molecular formula is C37H36F3N5O. The van der Waals surface area contributed by atoms with Crippen LogP contribution >= 0.6 is 0 Å². The van der Waals surface area contributed by atoms with Gasteiger partial charge < -0.3 is 15.0 Å². The minimum atomic E-state index is -0.882. The van der Waals surface area contributed by atoms with E-state index < -0.39 is 17.8 Å². The Kier molecular flexibility index (Phi) is 6.52. The van der Waals surface area contributed by atoms with Crippen molar-refractivity contribution < 1.29 is 17.9 Å². The summed E-state index contributed by atoms with van der Waals surface area (Å²) in [5.41, 5.74) is 1.76. The van der Waals surface area contributed by atoms with Gasteiger partial charge in [-0.05, 0) is 80.1 Å². The highest BCUT2D eigenvalue weighted by Crippen LogP contribution is 2.45. The van der Waals surface area contributed by atoms with E-state index in [4.69, 9.17) is 21.1 Å². The highest BCUT2D eigenvalue weighted by molar-refractivity contribution is 6.04. The van der Waals surface area contributed by atoms with Crippen molar-refractivity contribution >= 4 is 27.5 Å². The monoisotopic (exact) mass is 623 g/mol. The van der Waals surface area contributed by atoms with Crippen LogP contribution in [0.15, 0.2) is 36.4 Å². The molecule has 0 radical (unpaired) electrons. The van der Waals surface area contributed by atoms with Crippen LogP contribution in [0.5, 0.6) is 6.01 Å². The van der Waals surface area contributed by atoms with Gasteiger partial charge in [-0.2, -0.15) is 9.97 Å². The fraction of sp³-hybridized carbons (Fsp3) is 0.459. The van der Waals surface area contributed by atoms with Crippen molar-refractivity contribution in [2.75, 3.05) is 31.1 Å². The number of hydrogen-bond acceptors (Lipinski definition) is 6. The molecule has 5 aliphatic heterocycles. The van der Waals surface area contributed by atoms with Crippen LogP contribution in [0.4, 0.5) is 19.0 Å². The average Bonchev–Trinajstić information content (AvgIpc) is 3.72. The standard InChI is InChI=1S/C37H36F3N5O/c1-2-25-28(39)12-10-21-6-3-8-26(31(21)25)27-16-22-7-4-9-30-29-13-11-24(41-29)19-45(30)35-32(22)34(33(27)40)42-36(43-35)46-20-37-14-5-15-44(37)18-23(38)17-37/h1,3,6,8,10,12,16,23-24,29-30,41H,4-5,7,9,11,13-15,17-20H2/t23-,24-,29+,30-,37+/m1/s1. The first-order chi connectivity index (χ1) is 22.4. The fourth-order valence-electron chi connectivity index (χ4n) is 9.34. The minimum Gasteiger partial charge on any atom is -0.461 e. The summed E-state index contributed by atoms with van der Waals surface area (Å²) in [4.78, 5) is 14.4. The second kappa shape index (κ2) is 10.6. The molecule has 0 unspecified atom stereocenters. The highest BCUT2D eigenvalue weighted by atomic mass is 19.1. The second-order valence-electron chi connectivity index (χ2n) is 13.9. The van der Waals surface area contributed by atoms with Crippen LogP contribution in [0.2, 0.25) is 0 Å². The predicted octanol–water partition coefficient (Wildman–Crippen LogP) is 6.31. The third-order valence-electron chi connectivity index (χ3n) is 11.4. The molecule has 1 N–H and O–H groups in total. The number of alkyl halides is 1. The van der Waals surface area contributed by atoms with Gasteiger partial charge in [-0.1, -0.05) is 30.2 Å². The Morgan fingerprint density at radius 3 is 2.85 bits per heavy atom. The number of halogens is 3. The number of nitrogens with one attached hydrogen (secondary N) is 1. The molecule has 46 heavy (non-hydrogen) atoms. The molecule has 9 rings (SSSR count). The van der Waals surface area contributed by atoms with E-state index in [1.54, 1.807) is 12.1 Å². The molecule has 4 aromatic rings. The first-order valence-corrected chi connectivity index (χ1v) is 16.7. The summed E-state index contributed by atoms with van der Waals surface area (Å²) in [5.74, 6) is 2.20. The molecule has 0 aliphatic carbocycles. The first-order valence-electron chi connectivity index (χ1n) is 16.7. The summed E-state index contributed by atoms with van der Waals surface area (Å²) >= 11 is 0. The van der Waals surface area contributed by atoms with Gasteiger partial charge in [0.25, 0.3) is 0 Å². The van der Waals surface area contributed by atoms with Gasteiger partial charge in [0.15, 0.2) is 5.82 Å². The number of aromatic nitrogens is 2. The number of rotatable bonds is 4. The fourth-order valence-corrected chi connectivity index (χ4v) is 9.34. The van der Waals surface area contributed by atoms with E-state index in [2.05, 4.69) is 21.0 Å². The Morgan fingerprint density at radius 1 is 1.04 bits per heavy atom. The number of anilines is 1. The van der Waals surface area contributed by atoms with Gasteiger partial charge >= 0.3 is 6.01 Å². The highest BCUT2D eigenvalue weighted by Gasteiger charge is 2.49. The summed E-state index contributed by atoms with van der Waals surface area (Å²) in [7, 11) is 0. The van der Waals surface area contributed by atoms with Gasteiger partial charge in [-0.15, -0.1) is 6.42 Å². The molecule has 0 spiro atoms. The van der Waals surface area contributed by atoms with Crippen LogP contribution < -0.4 is 15.0 Å². The average molecular weight is 624 g/mol.